The SMILES string of the molecule is COc1cccc(-c2nn(-c3ccccc3)c(-c3ccccc3)c2-c2ccccc2)c1. The van der Waals surface area contributed by atoms with Crippen molar-refractivity contribution < 1.29 is 4.74 Å². The molecule has 0 radical (unpaired) electrons. The van der Waals surface area contributed by atoms with Crippen LogP contribution < -0.4 is 4.74 Å². The third-order valence-electron chi connectivity index (χ3n) is 5.34. The van der Waals surface area contributed by atoms with Gasteiger partial charge in [0.25, 0.3) is 0 Å². The first-order valence-corrected chi connectivity index (χ1v) is 10.3. The van der Waals surface area contributed by atoms with Gasteiger partial charge in [-0.2, -0.15) is 5.10 Å². The molecule has 4 aromatic carbocycles. The van der Waals surface area contributed by atoms with Crippen LogP contribution in [0.3, 0.4) is 0 Å². The summed E-state index contributed by atoms with van der Waals surface area (Å²) >= 11 is 0. The van der Waals surface area contributed by atoms with Crippen molar-refractivity contribution >= 4 is 0 Å². The minimum atomic E-state index is 0.812. The van der Waals surface area contributed by atoms with E-state index >= 15 is 0 Å². The first-order valence-electron chi connectivity index (χ1n) is 10.3. The molecule has 0 saturated carbocycles. The second-order valence-electron chi connectivity index (χ2n) is 7.28. The number of aromatic nitrogens is 2. The van der Waals surface area contributed by atoms with Gasteiger partial charge in [-0.25, -0.2) is 4.68 Å². The molecule has 0 aliphatic rings. The first-order chi connectivity index (χ1) is 15.3. The van der Waals surface area contributed by atoms with Gasteiger partial charge in [-0.1, -0.05) is 91.0 Å². The van der Waals surface area contributed by atoms with Crippen LogP contribution in [0.15, 0.2) is 115 Å². The van der Waals surface area contributed by atoms with Crippen molar-refractivity contribution in [2.45, 2.75) is 0 Å². The highest BCUT2D eigenvalue weighted by Gasteiger charge is 2.23. The van der Waals surface area contributed by atoms with E-state index in [9.17, 15) is 0 Å². The topological polar surface area (TPSA) is 27.1 Å². The van der Waals surface area contributed by atoms with E-state index in [1.54, 1.807) is 7.11 Å². The van der Waals surface area contributed by atoms with Crippen LogP contribution in [0.2, 0.25) is 0 Å². The Morgan fingerprint density at radius 1 is 0.613 bits per heavy atom. The molecule has 0 unspecified atom stereocenters. The maximum atomic E-state index is 5.49. The van der Waals surface area contributed by atoms with E-state index in [0.717, 1.165) is 45.1 Å². The largest absolute Gasteiger partial charge is 0.497 e. The van der Waals surface area contributed by atoms with E-state index < -0.39 is 0 Å². The van der Waals surface area contributed by atoms with Crippen LogP contribution in [0.4, 0.5) is 0 Å². The van der Waals surface area contributed by atoms with Crippen molar-refractivity contribution in [2.24, 2.45) is 0 Å². The number of rotatable bonds is 5. The molecule has 31 heavy (non-hydrogen) atoms. The van der Waals surface area contributed by atoms with E-state index in [4.69, 9.17) is 9.84 Å². The third kappa shape index (κ3) is 3.62. The van der Waals surface area contributed by atoms with E-state index in [1.807, 2.05) is 53.2 Å². The lowest BCUT2D eigenvalue weighted by atomic mass is 9.95. The zero-order valence-electron chi connectivity index (χ0n) is 17.3. The maximum absolute atomic E-state index is 5.49. The summed E-state index contributed by atoms with van der Waals surface area (Å²) in [7, 11) is 1.69. The summed E-state index contributed by atoms with van der Waals surface area (Å²) in [5, 5.41) is 5.14. The molecule has 0 N–H and O–H groups in total. The molecule has 5 aromatic rings. The fourth-order valence-corrected chi connectivity index (χ4v) is 3.89. The van der Waals surface area contributed by atoms with Gasteiger partial charge >= 0.3 is 0 Å². The Hall–Kier alpha value is -4.11. The number of ether oxygens (including phenoxy) is 1. The standard InChI is InChI=1S/C28H22N2O/c1-31-25-19-11-16-23(20-25)27-26(21-12-5-2-6-13-21)28(22-14-7-3-8-15-22)30(29-27)24-17-9-4-10-18-24/h2-20H,1H3. The second-order valence-corrected chi connectivity index (χ2v) is 7.28. The lowest BCUT2D eigenvalue weighted by molar-refractivity contribution is 0.415. The Morgan fingerprint density at radius 3 is 1.84 bits per heavy atom. The highest BCUT2D eigenvalue weighted by atomic mass is 16.5. The van der Waals surface area contributed by atoms with Crippen LogP contribution in [-0.2, 0) is 0 Å². The van der Waals surface area contributed by atoms with Crippen molar-refractivity contribution in [3.05, 3.63) is 115 Å². The first kappa shape index (κ1) is 18.9. The molecule has 150 valence electrons. The smallest absolute Gasteiger partial charge is 0.119 e. The fourth-order valence-electron chi connectivity index (χ4n) is 3.89. The van der Waals surface area contributed by atoms with Crippen molar-refractivity contribution in [1.29, 1.82) is 0 Å². The fraction of sp³-hybridized carbons (Fsp3) is 0.0357. The highest BCUT2D eigenvalue weighted by molar-refractivity contribution is 5.92. The summed E-state index contributed by atoms with van der Waals surface area (Å²) in [5.74, 6) is 0.812. The van der Waals surface area contributed by atoms with Crippen molar-refractivity contribution in [1.82, 2.24) is 9.78 Å². The molecule has 1 heterocycles. The average Bonchev–Trinajstić information content (AvgIpc) is 3.26. The monoisotopic (exact) mass is 402 g/mol. The van der Waals surface area contributed by atoms with Crippen molar-refractivity contribution in [3.63, 3.8) is 0 Å². The van der Waals surface area contributed by atoms with Gasteiger partial charge in [-0.05, 0) is 29.8 Å². The van der Waals surface area contributed by atoms with Crippen LogP contribution in [0.1, 0.15) is 0 Å². The summed E-state index contributed by atoms with van der Waals surface area (Å²) in [6.45, 7) is 0. The maximum Gasteiger partial charge on any atom is 0.119 e. The average molecular weight is 402 g/mol. The Morgan fingerprint density at radius 2 is 1.19 bits per heavy atom. The van der Waals surface area contributed by atoms with Crippen LogP contribution in [0.25, 0.3) is 39.3 Å². The molecule has 0 spiro atoms. The zero-order chi connectivity index (χ0) is 21.0. The Labute approximate surface area is 182 Å². The second kappa shape index (κ2) is 8.33. The molecule has 0 fully saturated rings. The molecule has 0 aliphatic carbocycles. The number of hydrogen-bond acceptors (Lipinski definition) is 2. The van der Waals surface area contributed by atoms with Gasteiger partial charge in [0.2, 0.25) is 0 Å². The molecule has 0 atom stereocenters. The number of hydrogen-bond donors (Lipinski definition) is 0. The molecule has 3 nitrogen and oxygen atoms in total. The minimum Gasteiger partial charge on any atom is -0.497 e. The molecular weight excluding hydrogens is 380 g/mol. The van der Waals surface area contributed by atoms with E-state index in [-0.39, 0.29) is 0 Å². The van der Waals surface area contributed by atoms with Crippen LogP contribution >= 0.6 is 0 Å². The molecule has 0 saturated heterocycles. The summed E-state index contributed by atoms with van der Waals surface area (Å²) in [5.41, 5.74) is 7.37. The number of nitrogens with zero attached hydrogens (tertiary/aromatic N) is 2. The van der Waals surface area contributed by atoms with Gasteiger partial charge in [-0.15, -0.1) is 0 Å². The van der Waals surface area contributed by atoms with E-state index in [0.29, 0.717) is 0 Å². The number of para-hydroxylation sites is 1. The van der Waals surface area contributed by atoms with Crippen LogP contribution in [0, 0.1) is 0 Å². The Balaban J connectivity index is 1.88. The molecule has 3 heteroatoms. The predicted octanol–water partition coefficient (Wildman–Crippen LogP) is 6.88. The molecular formula is C28H22N2O. The van der Waals surface area contributed by atoms with Crippen LogP contribution in [0.5, 0.6) is 5.75 Å². The van der Waals surface area contributed by atoms with Crippen molar-refractivity contribution in [2.75, 3.05) is 7.11 Å². The Kier molecular flexibility index (Phi) is 5.07. The van der Waals surface area contributed by atoms with Crippen LogP contribution in [-0.4, -0.2) is 16.9 Å². The summed E-state index contributed by atoms with van der Waals surface area (Å²) in [6, 6.07) is 39.3. The van der Waals surface area contributed by atoms with Gasteiger partial charge in [0.05, 0.1) is 18.5 Å². The summed E-state index contributed by atoms with van der Waals surface area (Å²) in [4.78, 5) is 0. The normalized spacial score (nSPS) is 10.7. The van der Waals surface area contributed by atoms with Gasteiger partial charge in [-0.3, -0.25) is 0 Å². The van der Waals surface area contributed by atoms with Gasteiger partial charge < -0.3 is 4.74 Å². The summed E-state index contributed by atoms with van der Waals surface area (Å²) < 4.78 is 7.54. The Bertz CT molecular complexity index is 1290. The molecule has 1 aromatic heterocycles. The van der Waals surface area contributed by atoms with Gasteiger partial charge in [0.15, 0.2) is 0 Å². The van der Waals surface area contributed by atoms with Gasteiger partial charge in [0, 0.05) is 16.7 Å². The molecule has 0 bridgehead atoms. The van der Waals surface area contributed by atoms with E-state index in [1.165, 1.54) is 0 Å². The minimum absolute atomic E-state index is 0.812. The van der Waals surface area contributed by atoms with E-state index in [2.05, 4.69) is 66.7 Å². The van der Waals surface area contributed by atoms with Gasteiger partial charge in [0.1, 0.15) is 11.4 Å². The molecule has 5 rings (SSSR count). The zero-order valence-corrected chi connectivity index (χ0v) is 17.3. The third-order valence-corrected chi connectivity index (χ3v) is 5.34. The van der Waals surface area contributed by atoms with Crippen molar-refractivity contribution in [3.8, 4) is 45.1 Å². The lowest BCUT2D eigenvalue weighted by Crippen LogP contribution is -1.99. The molecule has 0 amide bonds. The number of benzene rings is 4. The highest BCUT2D eigenvalue weighted by Crippen LogP contribution is 2.41. The predicted molar refractivity (Wildman–Crippen MR) is 126 cm³/mol. The summed E-state index contributed by atoms with van der Waals surface area (Å²) in [6.07, 6.45) is 0. The quantitative estimate of drug-likeness (QED) is 0.320. The molecule has 0 aliphatic heterocycles. The number of methoxy groups -OCH3 is 1. The lowest BCUT2D eigenvalue weighted by Gasteiger charge is -2.11.